The molecule has 1 aromatic rings. The predicted octanol–water partition coefficient (Wildman–Crippen LogP) is 2.79. The van der Waals surface area contributed by atoms with Crippen molar-refractivity contribution in [2.45, 2.75) is 20.0 Å². The summed E-state index contributed by atoms with van der Waals surface area (Å²) in [5, 5.41) is 0. The maximum atomic E-state index is 12.6. The molecule has 1 aromatic heterocycles. The molecule has 0 aliphatic heterocycles. The van der Waals surface area contributed by atoms with Crippen molar-refractivity contribution in [3.8, 4) is 5.88 Å². The molecule has 2 N–H and O–H groups in total. The van der Waals surface area contributed by atoms with E-state index in [4.69, 9.17) is 27.4 Å². The van der Waals surface area contributed by atoms with Crippen molar-refractivity contribution in [1.29, 1.82) is 0 Å². The number of pyridine rings is 1. The third-order valence-corrected chi connectivity index (χ3v) is 2.55. The largest absolute Gasteiger partial charge is 0.475 e. The van der Waals surface area contributed by atoms with E-state index in [1.54, 1.807) is 0 Å². The molecule has 0 atom stereocenters. The monoisotopic (exact) mass is 322 g/mol. The molecule has 0 amide bonds. The number of hydrogen-bond acceptors (Lipinski definition) is 4. The predicted molar refractivity (Wildman–Crippen MR) is 76.3 cm³/mol. The molecule has 8 heteroatoms. The maximum absolute atomic E-state index is 12.6. The van der Waals surface area contributed by atoms with Crippen LogP contribution in [0.1, 0.15) is 25.1 Å². The van der Waals surface area contributed by atoms with Gasteiger partial charge in [-0.2, -0.15) is 13.2 Å². The van der Waals surface area contributed by atoms with Gasteiger partial charge in [0.05, 0.1) is 12.2 Å². The zero-order chi connectivity index (χ0) is 16.0. The lowest BCUT2D eigenvalue weighted by Gasteiger charge is -2.13. The van der Waals surface area contributed by atoms with Crippen LogP contribution >= 0.6 is 12.2 Å². The fourth-order valence-corrected chi connectivity index (χ4v) is 1.57. The lowest BCUT2D eigenvalue weighted by Crippen LogP contribution is -2.18. The molecule has 0 fully saturated rings. The van der Waals surface area contributed by atoms with Gasteiger partial charge in [0.15, 0.2) is 0 Å². The molecule has 1 rings (SSSR count). The molecule has 0 saturated heterocycles. The standard InChI is InChI=1S/C13H17F3N2O2S/c1-8(2)7-19-5-6-20-12-9(11(17)21)3-4-10(18-12)13(14,15)16/h3-4,8H,5-7H2,1-2H3,(H2,17,21). The van der Waals surface area contributed by atoms with Crippen LogP contribution in [-0.2, 0) is 10.9 Å². The normalized spacial score (nSPS) is 11.7. The topological polar surface area (TPSA) is 57.4 Å². The Labute approximate surface area is 126 Å². The van der Waals surface area contributed by atoms with Gasteiger partial charge in [-0.3, -0.25) is 0 Å². The van der Waals surface area contributed by atoms with Gasteiger partial charge < -0.3 is 15.2 Å². The summed E-state index contributed by atoms with van der Waals surface area (Å²) in [4.78, 5) is 3.35. The molecule has 0 aromatic carbocycles. The van der Waals surface area contributed by atoms with E-state index in [2.05, 4.69) is 4.98 Å². The van der Waals surface area contributed by atoms with Crippen molar-refractivity contribution in [2.24, 2.45) is 11.7 Å². The summed E-state index contributed by atoms with van der Waals surface area (Å²) in [6.07, 6.45) is -4.55. The Morgan fingerprint density at radius 3 is 2.52 bits per heavy atom. The van der Waals surface area contributed by atoms with E-state index in [9.17, 15) is 13.2 Å². The summed E-state index contributed by atoms with van der Waals surface area (Å²) in [7, 11) is 0. The number of thiocarbonyl (C=S) groups is 1. The van der Waals surface area contributed by atoms with Gasteiger partial charge in [0, 0.05) is 6.61 Å². The number of rotatable bonds is 7. The van der Waals surface area contributed by atoms with Gasteiger partial charge in [-0.05, 0) is 18.1 Å². The summed E-state index contributed by atoms with van der Waals surface area (Å²) in [6, 6.07) is 1.97. The average Bonchev–Trinajstić information content (AvgIpc) is 2.36. The van der Waals surface area contributed by atoms with Gasteiger partial charge in [-0.15, -0.1) is 0 Å². The number of nitrogens with zero attached hydrogens (tertiary/aromatic N) is 1. The van der Waals surface area contributed by atoms with Gasteiger partial charge in [-0.25, -0.2) is 4.98 Å². The van der Waals surface area contributed by atoms with E-state index in [0.29, 0.717) is 12.5 Å². The minimum Gasteiger partial charge on any atom is -0.475 e. The van der Waals surface area contributed by atoms with Crippen LogP contribution in [0.25, 0.3) is 0 Å². The van der Waals surface area contributed by atoms with Gasteiger partial charge in [-0.1, -0.05) is 26.1 Å². The second-order valence-corrected chi connectivity index (χ2v) is 5.17. The van der Waals surface area contributed by atoms with Gasteiger partial charge in [0.2, 0.25) is 5.88 Å². The molecule has 0 saturated carbocycles. The third-order valence-electron chi connectivity index (χ3n) is 2.33. The van der Waals surface area contributed by atoms with E-state index in [1.165, 1.54) is 0 Å². The van der Waals surface area contributed by atoms with Crippen LogP contribution in [-0.4, -0.2) is 29.8 Å². The highest BCUT2D eigenvalue weighted by Crippen LogP contribution is 2.30. The summed E-state index contributed by atoms with van der Waals surface area (Å²) < 4.78 is 48.4. The van der Waals surface area contributed by atoms with Crippen molar-refractivity contribution in [2.75, 3.05) is 19.8 Å². The maximum Gasteiger partial charge on any atom is 0.433 e. The minimum atomic E-state index is -4.55. The first-order chi connectivity index (χ1) is 9.71. The Balaban J connectivity index is 2.75. The van der Waals surface area contributed by atoms with Crippen molar-refractivity contribution in [1.82, 2.24) is 4.98 Å². The molecule has 0 spiro atoms. The lowest BCUT2D eigenvalue weighted by atomic mass is 10.2. The number of halogens is 3. The Bertz CT molecular complexity index is 493. The first-order valence-electron chi connectivity index (χ1n) is 6.30. The van der Waals surface area contributed by atoms with Crippen molar-refractivity contribution >= 4 is 17.2 Å². The van der Waals surface area contributed by atoms with Crippen LogP contribution in [0.2, 0.25) is 0 Å². The quantitative estimate of drug-likeness (QED) is 0.618. The molecule has 0 aliphatic carbocycles. The van der Waals surface area contributed by atoms with Crippen molar-refractivity contribution in [3.63, 3.8) is 0 Å². The molecule has 118 valence electrons. The number of hydrogen-bond donors (Lipinski definition) is 1. The number of nitrogens with two attached hydrogens (primary N) is 1. The Hall–Kier alpha value is -1.41. The fraction of sp³-hybridized carbons (Fsp3) is 0.538. The molecule has 0 unspecified atom stereocenters. The van der Waals surface area contributed by atoms with E-state index >= 15 is 0 Å². The van der Waals surface area contributed by atoms with Crippen LogP contribution in [0.3, 0.4) is 0 Å². The molecule has 0 bridgehead atoms. The highest BCUT2D eigenvalue weighted by atomic mass is 32.1. The van der Waals surface area contributed by atoms with Gasteiger partial charge in [0.1, 0.15) is 17.3 Å². The molecule has 0 radical (unpaired) electrons. The molecular formula is C13H17F3N2O2S. The zero-order valence-electron chi connectivity index (χ0n) is 11.7. The second kappa shape index (κ2) is 7.56. The molecule has 21 heavy (non-hydrogen) atoms. The molecular weight excluding hydrogens is 305 g/mol. The third kappa shape index (κ3) is 5.84. The van der Waals surface area contributed by atoms with E-state index in [-0.39, 0.29) is 29.6 Å². The molecule has 1 heterocycles. The van der Waals surface area contributed by atoms with Gasteiger partial charge in [0.25, 0.3) is 0 Å². The first-order valence-corrected chi connectivity index (χ1v) is 6.71. The van der Waals surface area contributed by atoms with Crippen LogP contribution in [0.15, 0.2) is 12.1 Å². The van der Waals surface area contributed by atoms with Crippen LogP contribution in [0, 0.1) is 5.92 Å². The average molecular weight is 322 g/mol. The van der Waals surface area contributed by atoms with E-state index in [0.717, 1.165) is 12.1 Å². The molecule has 0 aliphatic rings. The Morgan fingerprint density at radius 2 is 2.00 bits per heavy atom. The Morgan fingerprint density at radius 1 is 1.33 bits per heavy atom. The summed E-state index contributed by atoms with van der Waals surface area (Å²) >= 11 is 4.77. The molecule has 4 nitrogen and oxygen atoms in total. The van der Waals surface area contributed by atoms with Crippen LogP contribution in [0.4, 0.5) is 13.2 Å². The summed E-state index contributed by atoms with van der Waals surface area (Å²) in [5.74, 6) is 0.134. The Kier molecular flexibility index (Phi) is 6.35. The number of aromatic nitrogens is 1. The lowest BCUT2D eigenvalue weighted by molar-refractivity contribution is -0.141. The fourth-order valence-electron chi connectivity index (χ4n) is 1.41. The van der Waals surface area contributed by atoms with Crippen molar-refractivity contribution in [3.05, 3.63) is 23.4 Å². The zero-order valence-corrected chi connectivity index (χ0v) is 12.6. The first kappa shape index (κ1) is 17.6. The van der Waals surface area contributed by atoms with Crippen LogP contribution < -0.4 is 10.5 Å². The summed E-state index contributed by atoms with van der Waals surface area (Å²) in [5.41, 5.74) is 4.56. The SMILES string of the molecule is CC(C)COCCOc1nc(C(F)(F)F)ccc1C(N)=S. The van der Waals surface area contributed by atoms with Crippen molar-refractivity contribution < 1.29 is 22.6 Å². The highest BCUT2D eigenvalue weighted by molar-refractivity contribution is 7.80. The van der Waals surface area contributed by atoms with Crippen LogP contribution in [0.5, 0.6) is 5.88 Å². The summed E-state index contributed by atoms with van der Waals surface area (Å²) in [6.45, 7) is 4.82. The second-order valence-electron chi connectivity index (χ2n) is 4.73. The number of alkyl halides is 3. The minimum absolute atomic E-state index is 0.0661. The van der Waals surface area contributed by atoms with E-state index < -0.39 is 11.9 Å². The number of ether oxygens (including phenoxy) is 2. The highest BCUT2D eigenvalue weighted by Gasteiger charge is 2.33. The van der Waals surface area contributed by atoms with Gasteiger partial charge >= 0.3 is 6.18 Å². The van der Waals surface area contributed by atoms with E-state index in [1.807, 2.05) is 13.8 Å². The smallest absolute Gasteiger partial charge is 0.433 e.